The van der Waals surface area contributed by atoms with Gasteiger partial charge in [-0.25, -0.2) is 9.59 Å². The van der Waals surface area contributed by atoms with Crippen LogP contribution in [0.3, 0.4) is 0 Å². The number of hydrogen-bond donors (Lipinski definition) is 1. The number of nitrogens with zero attached hydrogens (tertiary/aromatic N) is 2. The highest BCUT2D eigenvalue weighted by Crippen LogP contribution is 2.35. The van der Waals surface area contributed by atoms with E-state index in [0.29, 0.717) is 23.2 Å². The SMILES string of the molecule is COC(=O)c1cc(OC)c(OC(=O)CCCc2ccc(NC(=O)c3ccc(C)nc3-c3ccc(C(F)(F)F)cc3)c(C(=O)N(C)C)c2)c(C(=O)OC)c1. The molecule has 0 radical (unpaired) electrons. The number of halogens is 3. The summed E-state index contributed by atoms with van der Waals surface area (Å²) in [5, 5.41) is 2.74. The Labute approximate surface area is 302 Å². The number of carbonyl (C=O) groups excluding carboxylic acids is 5. The molecule has 278 valence electrons. The van der Waals surface area contributed by atoms with E-state index in [1.165, 1.54) is 56.4 Å². The van der Waals surface area contributed by atoms with Crippen molar-refractivity contribution < 1.29 is 56.1 Å². The van der Waals surface area contributed by atoms with Crippen molar-refractivity contribution in [3.63, 3.8) is 0 Å². The van der Waals surface area contributed by atoms with Gasteiger partial charge in [0.25, 0.3) is 11.8 Å². The van der Waals surface area contributed by atoms with Gasteiger partial charge < -0.3 is 29.2 Å². The third-order valence-electron chi connectivity index (χ3n) is 7.90. The van der Waals surface area contributed by atoms with E-state index in [1.54, 1.807) is 25.1 Å². The molecule has 0 fully saturated rings. The fourth-order valence-electron chi connectivity index (χ4n) is 5.20. The summed E-state index contributed by atoms with van der Waals surface area (Å²) in [5.74, 6) is -3.72. The lowest BCUT2D eigenvalue weighted by Gasteiger charge is -2.17. The Morgan fingerprint density at radius 1 is 0.811 bits per heavy atom. The van der Waals surface area contributed by atoms with Crippen LogP contribution in [0.5, 0.6) is 11.5 Å². The molecule has 1 N–H and O–H groups in total. The van der Waals surface area contributed by atoms with Crippen LogP contribution in [-0.2, 0) is 26.9 Å². The van der Waals surface area contributed by atoms with Gasteiger partial charge in [0, 0.05) is 31.8 Å². The van der Waals surface area contributed by atoms with Crippen molar-refractivity contribution in [3.8, 4) is 22.8 Å². The van der Waals surface area contributed by atoms with Crippen LogP contribution in [0.25, 0.3) is 11.3 Å². The van der Waals surface area contributed by atoms with Crippen LogP contribution >= 0.6 is 0 Å². The number of nitrogens with one attached hydrogen (secondary N) is 1. The molecule has 0 aliphatic rings. The first-order chi connectivity index (χ1) is 25.1. The molecular formula is C38H36F3N3O9. The average molecular weight is 736 g/mol. The maximum absolute atomic E-state index is 13.6. The molecule has 53 heavy (non-hydrogen) atoms. The normalized spacial score (nSPS) is 11.0. The van der Waals surface area contributed by atoms with Crippen molar-refractivity contribution in [2.45, 2.75) is 32.4 Å². The first-order valence-corrected chi connectivity index (χ1v) is 16.0. The van der Waals surface area contributed by atoms with Gasteiger partial charge in [-0.2, -0.15) is 13.2 Å². The standard InChI is InChI=1S/C38H36F3N3O9/c1-21-10-16-26(32(42-21)23-12-14-25(15-13-23)38(39,40)41)34(46)43-29-17-11-22(18-27(29)35(47)44(2)3)8-7-9-31(45)53-33-28(37(49)52-6)19-24(36(48)51-5)20-30(33)50-4/h10-20H,7-9H2,1-6H3,(H,43,46). The van der Waals surface area contributed by atoms with Gasteiger partial charge in [-0.1, -0.05) is 18.2 Å². The molecular weight excluding hydrogens is 699 g/mol. The quantitative estimate of drug-likeness (QED) is 0.126. The van der Waals surface area contributed by atoms with Crippen molar-refractivity contribution in [2.75, 3.05) is 40.7 Å². The Bertz CT molecular complexity index is 2050. The lowest BCUT2D eigenvalue weighted by molar-refractivity contribution is -0.137. The lowest BCUT2D eigenvalue weighted by atomic mass is 10.0. The highest BCUT2D eigenvalue weighted by atomic mass is 19.4. The minimum absolute atomic E-state index is 0.0256. The molecule has 0 aliphatic heterocycles. The van der Waals surface area contributed by atoms with E-state index in [2.05, 4.69) is 10.3 Å². The number of carbonyl (C=O) groups is 5. The fourth-order valence-corrected chi connectivity index (χ4v) is 5.20. The molecule has 0 aliphatic carbocycles. The second-order valence-corrected chi connectivity index (χ2v) is 11.8. The zero-order chi connectivity index (χ0) is 39.0. The Kier molecular flexibility index (Phi) is 12.6. The smallest absolute Gasteiger partial charge is 0.416 e. The van der Waals surface area contributed by atoms with E-state index < -0.39 is 41.5 Å². The third-order valence-corrected chi connectivity index (χ3v) is 7.90. The molecule has 2 amide bonds. The van der Waals surface area contributed by atoms with Gasteiger partial charge >= 0.3 is 24.1 Å². The van der Waals surface area contributed by atoms with Crippen molar-refractivity contribution in [1.29, 1.82) is 0 Å². The van der Waals surface area contributed by atoms with Crippen LogP contribution in [0.15, 0.2) is 66.7 Å². The second-order valence-electron chi connectivity index (χ2n) is 11.8. The molecule has 0 spiro atoms. The van der Waals surface area contributed by atoms with Crippen molar-refractivity contribution >= 4 is 35.4 Å². The largest absolute Gasteiger partial charge is 0.493 e. The van der Waals surface area contributed by atoms with Crippen molar-refractivity contribution in [3.05, 3.63) is 106 Å². The van der Waals surface area contributed by atoms with Gasteiger partial charge in [0.15, 0.2) is 11.5 Å². The van der Waals surface area contributed by atoms with E-state index in [9.17, 15) is 37.1 Å². The van der Waals surface area contributed by atoms with E-state index in [0.717, 1.165) is 32.4 Å². The molecule has 1 heterocycles. The molecule has 0 atom stereocenters. The number of rotatable bonds is 12. The molecule has 0 saturated heterocycles. The van der Waals surface area contributed by atoms with Gasteiger partial charge in [0.2, 0.25) is 0 Å². The average Bonchev–Trinajstić information content (AvgIpc) is 3.13. The van der Waals surface area contributed by atoms with Gasteiger partial charge in [0.05, 0.1) is 55.0 Å². The molecule has 3 aromatic carbocycles. The summed E-state index contributed by atoms with van der Waals surface area (Å²) in [6, 6.07) is 14.6. The summed E-state index contributed by atoms with van der Waals surface area (Å²) >= 11 is 0. The van der Waals surface area contributed by atoms with E-state index in [4.69, 9.17) is 18.9 Å². The summed E-state index contributed by atoms with van der Waals surface area (Å²) in [5.41, 5.74) is 0.953. The number of hydrogen-bond acceptors (Lipinski definition) is 10. The van der Waals surface area contributed by atoms with Gasteiger partial charge in [0.1, 0.15) is 5.56 Å². The molecule has 4 rings (SSSR count). The first-order valence-electron chi connectivity index (χ1n) is 16.0. The zero-order valence-corrected chi connectivity index (χ0v) is 29.7. The lowest BCUT2D eigenvalue weighted by Crippen LogP contribution is -2.24. The second kappa shape index (κ2) is 16.8. The molecule has 0 saturated carbocycles. The first kappa shape index (κ1) is 39.5. The Morgan fingerprint density at radius 2 is 1.49 bits per heavy atom. The van der Waals surface area contributed by atoms with Crippen LogP contribution in [0.4, 0.5) is 18.9 Å². The number of alkyl halides is 3. The van der Waals surface area contributed by atoms with Crippen LogP contribution < -0.4 is 14.8 Å². The number of esters is 3. The minimum Gasteiger partial charge on any atom is -0.493 e. The van der Waals surface area contributed by atoms with Gasteiger partial charge in [-0.3, -0.25) is 19.4 Å². The highest BCUT2D eigenvalue weighted by molar-refractivity contribution is 6.11. The monoisotopic (exact) mass is 735 g/mol. The molecule has 12 nitrogen and oxygen atoms in total. The number of ether oxygens (including phenoxy) is 4. The highest BCUT2D eigenvalue weighted by Gasteiger charge is 2.30. The summed E-state index contributed by atoms with van der Waals surface area (Å²) < 4.78 is 59.7. The van der Waals surface area contributed by atoms with Crippen molar-refractivity contribution in [2.24, 2.45) is 0 Å². The predicted molar refractivity (Wildman–Crippen MR) is 186 cm³/mol. The molecule has 4 aromatic rings. The summed E-state index contributed by atoms with van der Waals surface area (Å²) in [7, 11) is 6.63. The zero-order valence-electron chi connectivity index (χ0n) is 29.7. The maximum Gasteiger partial charge on any atom is 0.416 e. The molecule has 0 bridgehead atoms. The number of aryl methyl sites for hydroxylation is 2. The Hall–Kier alpha value is -6.25. The number of aromatic nitrogens is 1. The van der Waals surface area contributed by atoms with Gasteiger partial charge in [-0.05, 0) is 73.9 Å². The number of amides is 2. The van der Waals surface area contributed by atoms with Crippen LogP contribution in [0.2, 0.25) is 0 Å². The summed E-state index contributed by atoms with van der Waals surface area (Å²) in [6.07, 6.45) is -4.10. The van der Waals surface area contributed by atoms with Gasteiger partial charge in [-0.15, -0.1) is 0 Å². The number of pyridine rings is 1. The van der Waals surface area contributed by atoms with Crippen molar-refractivity contribution in [1.82, 2.24) is 9.88 Å². The summed E-state index contributed by atoms with van der Waals surface area (Å²) in [4.78, 5) is 70.1. The van der Waals surface area contributed by atoms with Crippen LogP contribution in [0, 0.1) is 6.92 Å². The fraction of sp³-hybridized carbons (Fsp3) is 0.263. The predicted octanol–water partition coefficient (Wildman–Crippen LogP) is 6.54. The van der Waals surface area contributed by atoms with E-state index in [-0.39, 0.29) is 58.0 Å². The Balaban J connectivity index is 1.53. The van der Waals surface area contributed by atoms with E-state index in [1.807, 2.05) is 0 Å². The molecule has 1 aromatic heterocycles. The molecule has 0 unspecified atom stereocenters. The minimum atomic E-state index is -4.53. The summed E-state index contributed by atoms with van der Waals surface area (Å²) in [6.45, 7) is 1.68. The van der Waals surface area contributed by atoms with Crippen LogP contribution in [-0.4, -0.2) is 75.0 Å². The number of benzene rings is 3. The van der Waals surface area contributed by atoms with Crippen LogP contribution in [0.1, 0.15) is 71.1 Å². The topological polar surface area (TPSA) is 150 Å². The Morgan fingerprint density at radius 3 is 2.09 bits per heavy atom. The van der Waals surface area contributed by atoms with E-state index >= 15 is 0 Å². The number of methoxy groups -OCH3 is 3. The third kappa shape index (κ3) is 9.55. The molecule has 15 heteroatoms. The number of anilines is 1. The maximum atomic E-state index is 13.6.